The highest BCUT2D eigenvalue weighted by atomic mass is 35.5. The molecule has 0 N–H and O–H groups in total. The predicted molar refractivity (Wildman–Crippen MR) is 171 cm³/mol. The molecule has 0 aliphatic carbocycles. The van der Waals surface area contributed by atoms with Crippen LogP contribution in [0.15, 0.2) is 27.2 Å². The molecule has 0 fully saturated rings. The minimum atomic E-state index is -0.670. The number of aryl methyl sites for hydroxylation is 1. The van der Waals surface area contributed by atoms with E-state index in [2.05, 4.69) is 18.9 Å². The summed E-state index contributed by atoms with van der Waals surface area (Å²) in [6, 6.07) is 0. The Morgan fingerprint density at radius 2 is 1.29 bits per heavy atom. The topological polar surface area (TPSA) is 224 Å². The Hall–Kier alpha value is -4.95. The highest BCUT2D eigenvalue weighted by molar-refractivity contribution is 6.28. The van der Waals surface area contributed by atoms with Crippen LogP contribution in [0.1, 0.15) is 68.6 Å². The van der Waals surface area contributed by atoms with Crippen LogP contribution in [0.2, 0.25) is 0 Å². The van der Waals surface area contributed by atoms with Crippen molar-refractivity contribution in [3.8, 4) is 0 Å². The summed E-state index contributed by atoms with van der Waals surface area (Å²) in [7, 11) is 8.46. The maximum Gasteiger partial charge on any atom is 0.373 e. The average molecular weight is 708 g/mol. The van der Waals surface area contributed by atoms with Gasteiger partial charge in [-0.2, -0.15) is 9.59 Å². The molecule has 17 heteroatoms. The Labute approximate surface area is 284 Å². The van der Waals surface area contributed by atoms with Crippen LogP contribution in [0.4, 0.5) is 0 Å². The molecule has 0 aromatic carbocycles. The van der Waals surface area contributed by atoms with Gasteiger partial charge < -0.3 is 28.3 Å². The first kappa shape index (κ1) is 52.6. The standard InChI is InChI=1S/C9H15NO3.C9H10O4.C6H10O3.C5H7ClO3.CO2.CH4/c1-5-8(11)7(6-10(2)3)9(12)13-4;1-5-6(2)13-4-7(8(5)10)9(11)12-3;1-3-5(7)4-6(8)9-2;1-9-5(8)2-4(7)3-6;2-1-3;/h6H,5H2,1-4H3;4H,1-3H3;3-4H2,1-2H3;2-3H2,1H3;;1H4/b7-6-;;;;;. The molecule has 1 aromatic rings. The molecule has 0 amide bonds. The number of hydrogen-bond acceptors (Lipinski definition) is 16. The normalized spacial score (nSPS) is 9.02. The predicted octanol–water partition coefficient (Wildman–Crippen LogP) is 2.57. The zero-order chi connectivity index (χ0) is 37.7. The van der Waals surface area contributed by atoms with Crippen molar-refractivity contribution in [3.05, 3.63) is 45.1 Å². The third-order valence-corrected chi connectivity index (χ3v) is 5.27. The zero-order valence-corrected chi connectivity index (χ0v) is 28.9. The number of ether oxygens (including phenoxy) is 4. The van der Waals surface area contributed by atoms with Gasteiger partial charge >= 0.3 is 30.0 Å². The van der Waals surface area contributed by atoms with Gasteiger partial charge in [-0.25, -0.2) is 9.59 Å². The molecule has 0 radical (unpaired) electrons. The molecule has 16 nitrogen and oxygen atoms in total. The van der Waals surface area contributed by atoms with Crippen LogP contribution >= 0.6 is 11.6 Å². The van der Waals surface area contributed by atoms with E-state index in [-0.39, 0.29) is 66.2 Å². The van der Waals surface area contributed by atoms with Crippen molar-refractivity contribution in [2.24, 2.45) is 0 Å². The molecule has 1 heterocycles. The number of methoxy groups -OCH3 is 4. The average Bonchev–Trinajstić information content (AvgIpc) is 3.05. The van der Waals surface area contributed by atoms with Gasteiger partial charge in [0.25, 0.3) is 0 Å². The fourth-order valence-corrected chi connectivity index (χ4v) is 2.43. The fraction of sp³-hybridized carbons (Fsp3) is 0.516. The van der Waals surface area contributed by atoms with Gasteiger partial charge in [0.2, 0.25) is 5.43 Å². The number of esters is 4. The Kier molecular flexibility index (Phi) is 35.1. The number of ketones is 3. The van der Waals surface area contributed by atoms with E-state index in [0.29, 0.717) is 24.2 Å². The third-order valence-electron chi connectivity index (χ3n) is 4.97. The Balaban J connectivity index is -0.000000168. The maximum absolute atomic E-state index is 11.4. The van der Waals surface area contributed by atoms with Crippen molar-refractivity contribution in [3.63, 3.8) is 0 Å². The lowest BCUT2D eigenvalue weighted by atomic mass is 10.1. The molecule has 0 aliphatic rings. The number of nitrogens with zero attached hydrogens (tertiary/aromatic N) is 1. The molecule has 0 spiro atoms. The first-order chi connectivity index (χ1) is 21.9. The lowest BCUT2D eigenvalue weighted by Gasteiger charge is -2.08. The van der Waals surface area contributed by atoms with Gasteiger partial charge in [0.05, 0.1) is 34.3 Å². The molecular weight excluding hydrogens is 662 g/mol. The van der Waals surface area contributed by atoms with Gasteiger partial charge in [0.1, 0.15) is 41.8 Å². The first-order valence-corrected chi connectivity index (χ1v) is 13.9. The number of carbonyl (C=O) groups excluding carboxylic acids is 9. The second kappa shape index (κ2) is 32.0. The van der Waals surface area contributed by atoms with Gasteiger partial charge in [0.15, 0.2) is 11.6 Å². The Morgan fingerprint density at radius 1 is 0.833 bits per heavy atom. The second-order valence-electron chi connectivity index (χ2n) is 8.58. The van der Waals surface area contributed by atoms with Crippen molar-refractivity contribution in [2.45, 2.75) is 60.8 Å². The van der Waals surface area contributed by atoms with Gasteiger partial charge in [-0.05, 0) is 13.8 Å². The maximum atomic E-state index is 11.4. The largest absolute Gasteiger partial charge is 0.469 e. The molecule has 0 unspecified atom stereocenters. The second-order valence-corrected chi connectivity index (χ2v) is 8.85. The SMILES string of the molecule is C.CCC(=O)/C(=C/N(C)C)C(=O)OC.CCC(=O)CC(=O)OC.COC(=O)CC(=O)CCl.COC(=O)c1coc(C)c(C)c1=O.O=C=O. The van der Waals surface area contributed by atoms with Crippen LogP contribution in [-0.2, 0) is 57.3 Å². The van der Waals surface area contributed by atoms with Gasteiger partial charge in [-0.15, -0.1) is 11.6 Å². The molecule has 1 rings (SSSR count). The number of rotatable bonds is 11. The highest BCUT2D eigenvalue weighted by Crippen LogP contribution is 2.04. The van der Waals surface area contributed by atoms with Crippen molar-refractivity contribution < 1.29 is 66.5 Å². The van der Waals surface area contributed by atoms with Crippen LogP contribution in [0.25, 0.3) is 0 Å². The van der Waals surface area contributed by atoms with E-state index in [1.807, 2.05) is 0 Å². The fourth-order valence-electron chi connectivity index (χ4n) is 2.34. The van der Waals surface area contributed by atoms with E-state index >= 15 is 0 Å². The first-order valence-electron chi connectivity index (χ1n) is 13.3. The number of hydrogen-bond donors (Lipinski definition) is 0. The van der Waals surface area contributed by atoms with Gasteiger partial charge in [-0.3, -0.25) is 28.8 Å². The number of Topliss-reactive ketones (excluding diaryl/α,β-unsaturated/α-hetero) is 3. The smallest absolute Gasteiger partial charge is 0.373 e. The Bertz CT molecular complexity index is 1230. The van der Waals surface area contributed by atoms with Crippen molar-refractivity contribution in [1.29, 1.82) is 0 Å². The van der Waals surface area contributed by atoms with E-state index < -0.39 is 23.9 Å². The monoisotopic (exact) mass is 707 g/mol. The lowest BCUT2D eigenvalue weighted by molar-refractivity contribution is -0.192. The molecule has 48 heavy (non-hydrogen) atoms. The summed E-state index contributed by atoms with van der Waals surface area (Å²) in [5, 5.41) is 0. The Morgan fingerprint density at radius 3 is 1.62 bits per heavy atom. The van der Waals surface area contributed by atoms with Gasteiger partial charge in [0, 0.05) is 38.7 Å². The van der Waals surface area contributed by atoms with Crippen LogP contribution in [-0.4, -0.2) is 101 Å². The van der Waals surface area contributed by atoms with E-state index in [1.54, 1.807) is 46.7 Å². The summed E-state index contributed by atoms with van der Waals surface area (Å²) in [5.41, 5.74) is 0.124. The summed E-state index contributed by atoms with van der Waals surface area (Å²) in [6.07, 6.45) is 3.23. The van der Waals surface area contributed by atoms with Crippen molar-refractivity contribution in [1.82, 2.24) is 4.90 Å². The molecule has 272 valence electrons. The number of alkyl halides is 1. The van der Waals surface area contributed by atoms with Crippen molar-refractivity contribution >= 4 is 59.0 Å². The van der Waals surface area contributed by atoms with E-state index in [0.717, 1.165) is 6.26 Å². The zero-order valence-electron chi connectivity index (χ0n) is 28.1. The number of halogens is 1. The summed E-state index contributed by atoms with van der Waals surface area (Å²) >= 11 is 5.10. The van der Waals surface area contributed by atoms with E-state index in [9.17, 15) is 38.4 Å². The van der Waals surface area contributed by atoms with Crippen LogP contribution in [0, 0.1) is 13.8 Å². The lowest BCUT2D eigenvalue weighted by Crippen LogP contribution is -2.18. The molecule has 0 saturated heterocycles. The molecule has 0 atom stereocenters. The molecule has 0 aliphatic heterocycles. The molecular formula is C31H46ClNO15. The van der Waals surface area contributed by atoms with Gasteiger partial charge in [-0.1, -0.05) is 21.3 Å². The molecule has 0 saturated carbocycles. The highest BCUT2D eigenvalue weighted by Gasteiger charge is 2.17. The summed E-state index contributed by atoms with van der Waals surface area (Å²) in [5.74, 6) is -2.47. The molecule has 0 bridgehead atoms. The van der Waals surface area contributed by atoms with Crippen LogP contribution in [0.3, 0.4) is 0 Å². The molecule has 1 aromatic heterocycles. The summed E-state index contributed by atoms with van der Waals surface area (Å²) in [4.78, 5) is 104. The van der Waals surface area contributed by atoms with E-state index in [4.69, 9.17) is 25.6 Å². The summed E-state index contributed by atoms with van der Waals surface area (Å²) in [6.45, 7) is 6.69. The third kappa shape index (κ3) is 26.3. The summed E-state index contributed by atoms with van der Waals surface area (Å²) < 4.78 is 22.4. The van der Waals surface area contributed by atoms with E-state index in [1.165, 1.54) is 34.6 Å². The minimum absolute atomic E-state index is 0. The van der Waals surface area contributed by atoms with Crippen LogP contribution < -0.4 is 5.43 Å². The van der Waals surface area contributed by atoms with Crippen LogP contribution in [0.5, 0.6) is 0 Å². The minimum Gasteiger partial charge on any atom is -0.469 e. The quantitative estimate of drug-likeness (QED) is 0.0804. The van der Waals surface area contributed by atoms with Crippen molar-refractivity contribution in [2.75, 3.05) is 48.4 Å². The number of carbonyl (C=O) groups is 7.